The minimum absolute atomic E-state index is 0. The molecule has 6 heterocycles. The number of hydrogen-bond donors (Lipinski definition) is 0. The van der Waals surface area contributed by atoms with E-state index in [4.69, 9.17) is 19.4 Å². The number of pyridine rings is 6. The minimum atomic E-state index is 0. The van der Waals surface area contributed by atoms with Gasteiger partial charge in [-0.05, 0) is 61.4 Å². The summed E-state index contributed by atoms with van der Waals surface area (Å²) in [4.78, 5) is 27.4. The first-order valence-electron chi connectivity index (χ1n) is 27.7. The maximum atomic E-state index is 6.14. The van der Waals surface area contributed by atoms with Gasteiger partial charge in [-0.25, -0.2) is 9.97 Å². The van der Waals surface area contributed by atoms with Gasteiger partial charge in [-0.1, -0.05) is 205 Å². The molecule has 6 rings (SSSR count). The van der Waals surface area contributed by atoms with Crippen LogP contribution in [0.5, 0.6) is 11.5 Å². The number of nitrogens with zero attached hydrogens (tertiary/aromatic N) is 6. The van der Waals surface area contributed by atoms with E-state index in [1.54, 1.807) is 24.8 Å². The summed E-state index contributed by atoms with van der Waals surface area (Å²) in [5.41, 5.74) is 6.60. The van der Waals surface area contributed by atoms with E-state index in [2.05, 4.69) is 33.8 Å². The Morgan fingerprint density at radius 2 is 0.507 bits per heavy atom. The van der Waals surface area contributed by atoms with Gasteiger partial charge in [-0.3, -0.25) is 19.9 Å². The first kappa shape index (κ1) is 64.7. The average molecular weight is 1070 g/mol. The quantitative estimate of drug-likeness (QED) is 0.0284. The number of ether oxygens (including phenoxy) is 2. The maximum absolute atomic E-state index is 6.14. The SMILES string of the molecule is CCCCCCCCCCCCCCCCOc1cc(-c2ccccn2)nc(-c2ccccn2)c1.CCCCCCCCCCCCCCCCOc1cc(-c2ccccn2)nc(-c2ccccn2)c1.[Cl-].[Cl-].[Fe+2]. The molecule has 0 aliphatic rings. The zero-order valence-electron chi connectivity index (χ0n) is 44.4. The molecule has 0 unspecified atom stereocenters. The first-order chi connectivity index (χ1) is 34.7. The molecule has 0 saturated heterocycles. The molecule has 0 saturated carbocycles. The van der Waals surface area contributed by atoms with E-state index in [1.807, 2.05) is 97.1 Å². The summed E-state index contributed by atoms with van der Waals surface area (Å²) >= 11 is 0. The van der Waals surface area contributed by atoms with Crippen LogP contribution in [0, 0.1) is 0 Å². The molecule has 0 atom stereocenters. The Labute approximate surface area is 464 Å². The summed E-state index contributed by atoms with van der Waals surface area (Å²) in [7, 11) is 0. The van der Waals surface area contributed by atoms with E-state index in [1.165, 1.54) is 167 Å². The molecule has 0 aromatic carbocycles. The van der Waals surface area contributed by atoms with Crippen molar-refractivity contribution in [2.75, 3.05) is 13.2 Å². The van der Waals surface area contributed by atoms with E-state index >= 15 is 0 Å². The van der Waals surface area contributed by atoms with Gasteiger partial charge in [0.25, 0.3) is 0 Å². The van der Waals surface area contributed by atoms with Gasteiger partial charge in [-0.2, -0.15) is 0 Å². The molecule has 6 aromatic heterocycles. The van der Waals surface area contributed by atoms with E-state index in [-0.39, 0.29) is 41.9 Å². The molecule has 11 heteroatoms. The summed E-state index contributed by atoms with van der Waals surface area (Å²) in [6.45, 7) is 6.02. The Morgan fingerprint density at radius 1 is 0.288 bits per heavy atom. The summed E-state index contributed by atoms with van der Waals surface area (Å²) in [5.74, 6) is 1.66. The van der Waals surface area contributed by atoms with Gasteiger partial charge in [0, 0.05) is 49.1 Å². The Balaban J connectivity index is 0.000000480. The molecule has 6 aromatic rings. The van der Waals surface area contributed by atoms with Crippen molar-refractivity contribution in [2.24, 2.45) is 0 Å². The molecule has 0 spiro atoms. The number of unbranched alkanes of at least 4 members (excludes halogenated alkanes) is 26. The van der Waals surface area contributed by atoms with Crippen molar-refractivity contribution in [3.8, 4) is 57.1 Å². The molecule has 73 heavy (non-hydrogen) atoms. The van der Waals surface area contributed by atoms with Crippen molar-refractivity contribution in [3.05, 3.63) is 122 Å². The van der Waals surface area contributed by atoms with Crippen molar-refractivity contribution in [1.82, 2.24) is 29.9 Å². The Hall–Kier alpha value is -4.40. The van der Waals surface area contributed by atoms with Crippen molar-refractivity contribution < 1.29 is 51.4 Å². The largest absolute Gasteiger partial charge is 2.00 e. The smallest absolute Gasteiger partial charge is 1.00 e. The second-order valence-corrected chi connectivity index (χ2v) is 18.9. The Bertz CT molecular complexity index is 1920. The molecule has 398 valence electrons. The molecule has 0 N–H and O–H groups in total. The fraction of sp³-hybridized carbons (Fsp3) is 0.516. The molecule has 0 amide bonds. The summed E-state index contributed by atoms with van der Waals surface area (Å²) in [6.07, 6.45) is 45.3. The van der Waals surface area contributed by atoms with E-state index in [9.17, 15) is 0 Å². The summed E-state index contributed by atoms with van der Waals surface area (Å²) in [5, 5.41) is 0. The molecule has 8 nitrogen and oxygen atoms in total. The van der Waals surface area contributed by atoms with Gasteiger partial charge >= 0.3 is 17.1 Å². The van der Waals surface area contributed by atoms with E-state index < -0.39 is 0 Å². The monoisotopic (exact) mass is 1070 g/mol. The standard InChI is InChI=1S/2C31H43N3O.2ClH.Fe/c2*1-2-3-4-5-6-7-8-9-10-11-12-13-14-19-24-35-27-25-30(28-20-15-17-22-32-28)34-31(26-27)29-21-16-18-23-33-29;;;/h2*15-18,20-23,25-26H,2-14,19,24H2,1H3;2*1H;/q;;;;+2/p-2. The third-order valence-corrected chi connectivity index (χ3v) is 12.8. The molecular formula is C62H86Cl2FeN6O2. The second-order valence-electron chi connectivity index (χ2n) is 18.9. The van der Waals surface area contributed by atoms with Crippen LogP contribution in [0.15, 0.2) is 122 Å². The Morgan fingerprint density at radius 3 is 0.712 bits per heavy atom. The van der Waals surface area contributed by atoms with Gasteiger partial charge in [0.05, 0.1) is 58.8 Å². The van der Waals surface area contributed by atoms with Crippen LogP contribution in [-0.2, 0) is 17.1 Å². The van der Waals surface area contributed by atoms with Gasteiger partial charge in [0.1, 0.15) is 11.5 Å². The maximum Gasteiger partial charge on any atom is 2.00 e. The normalized spacial score (nSPS) is 10.5. The van der Waals surface area contributed by atoms with Crippen molar-refractivity contribution in [1.29, 1.82) is 0 Å². The summed E-state index contributed by atoms with van der Waals surface area (Å²) in [6, 6.07) is 31.4. The van der Waals surface area contributed by atoms with E-state index in [0.717, 1.165) is 83.1 Å². The third-order valence-electron chi connectivity index (χ3n) is 12.8. The minimum Gasteiger partial charge on any atom is -1.00 e. The molecule has 0 aliphatic carbocycles. The van der Waals surface area contributed by atoms with Crippen LogP contribution < -0.4 is 34.3 Å². The van der Waals surface area contributed by atoms with Crippen LogP contribution >= 0.6 is 0 Å². The van der Waals surface area contributed by atoms with Crippen molar-refractivity contribution in [3.63, 3.8) is 0 Å². The van der Waals surface area contributed by atoms with Crippen LogP contribution in [0.1, 0.15) is 194 Å². The predicted octanol–water partition coefficient (Wildman–Crippen LogP) is 12.1. The summed E-state index contributed by atoms with van der Waals surface area (Å²) < 4.78 is 12.3. The number of hydrogen-bond acceptors (Lipinski definition) is 8. The topological polar surface area (TPSA) is 95.8 Å². The number of halogens is 2. The molecule has 0 aliphatic heterocycles. The number of aromatic nitrogens is 6. The fourth-order valence-electron chi connectivity index (χ4n) is 8.73. The zero-order chi connectivity index (χ0) is 48.8. The molecule has 0 bridgehead atoms. The van der Waals surface area contributed by atoms with Gasteiger partial charge in [-0.15, -0.1) is 0 Å². The van der Waals surface area contributed by atoms with Crippen LogP contribution in [0.4, 0.5) is 0 Å². The van der Waals surface area contributed by atoms with Crippen molar-refractivity contribution >= 4 is 0 Å². The average Bonchev–Trinajstić information content (AvgIpc) is 3.42. The fourth-order valence-corrected chi connectivity index (χ4v) is 8.73. The second kappa shape index (κ2) is 42.9. The van der Waals surface area contributed by atoms with Crippen LogP contribution in [0.2, 0.25) is 0 Å². The third kappa shape index (κ3) is 28.2. The van der Waals surface area contributed by atoms with Crippen LogP contribution in [0.3, 0.4) is 0 Å². The number of rotatable bonds is 36. The molecule has 0 radical (unpaired) electrons. The van der Waals surface area contributed by atoms with Crippen LogP contribution in [0.25, 0.3) is 45.6 Å². The van der Waals surface area contributed by atoms with Crippen LogP contribution in [-0.4, -0.2) is 43.1 Å². The van der Waals surface area contributed by atoms with Gasteiger partial charge in [0.15, 0.2) is 0 Å². The molecular weight excluding hydrogens is 987 g/mol. The zero-order valence-corrected chi connectivity index (χ0v) is 47.0. The van der Waals surface area contributed by atoms with Gasteiger partial charge < -0.3 is 34.3 Å². The van der Waals surface area contributed by atoms with E-state index in [0.29, 0.717) is 0 Å². The van der Waals surface area contributed by atoms with Gasteiger partial charge in [0.2, 0.25) is 0 Å². The molecule has 0 fully saturated rings. The Kier molecular flexibility index (Phi) is 38.0. The van der Waals surface area contributed by atoms with Crippen molar-refractivity contribution in [2.45, 2.75) is 194 Å². The first-order valence-corrected chi connectivity index (χ1v) is 27.7. The predicted molar refractivity (Wildman–Crippen MR) is 293 cm³/mol.